The molecule has 2 heterocycles. The van der Waals surface area contributed by atoms with Crippen LogP contribution in [-0.2, 0) is 5.41 Å². The van der Waals surface area contributed by atoms with Gasteiger partial charge in [-0.15, -0.1) is 0 Å². The maximum atomic E-state index is 2.51. The Morgan fingerprint density at radius 3 is 2.11 bits per heavy atom. The van der Waals surface area contributed by atoms with Crippen molar-refractivity contribution < 1.29 is 0 Å². The van der Waals surface area contributed by atoms with Gasteiger partial charge in [0.1, 0.15) is 8.07 Å². The van der Waals surface area contributed by atoms with Gasteiger partial charge in [-0.1, -0.05) is 99.7 Å². The molecule has 0 unspecified atom stereocenters. The molecular formula is C35H29NSi. The maximum Gasteiger partial charge on any atom is 0.113 e. The summed E-state index contributed by atoms with van der Waals surface area (Å²) in [5.74, 6) is 0. The summed E-state index contributed by atoms with van der Waals surface area (Å²) in [6.45, 7) is 9.74. The largest absolute Gasteiger partial charge is 0.309 e. The Morgan fingerprint density at radius 2 is 1.24 bits per heavy atom. The molecule has 0 saturated heterocycles. The Balaban J connectivity index is 1.44. The third-order valence-electron chi connectivity index (χ3n) is 9.20. The Kier molecular flexibility index (Phi) is 3.96. The van der Waals surface area contributed by atoms with Crippen LogP contribution in [0.25, 0.3) is 49.7 Å². The summed E-state index contributed by atoms with van der Waals surface area (Å²) in [5, 5.41) is 5.76. The van der Waals surface area contributed by atoms with Crippen LogP contribution < -0.4 is 10.4 Å². The fraction of sp³-hybridized carbons (Fsp3) is 0.143. The summed E-state index contributed by atoms with van der Waals surface area (Å²) in [6, 6.07) is 39.0. The summed E-state index contributed by atoms with van der Waals surface area (Å²) in [4.78, 5) is 0. The molecule has 0 atom stereocenters. The van der Waals surface area contributed by atoms with Crippen LogP contribution >= 0.6 is 0 Å². The molecule has 0 bridgehead atoms. The molecule has 2 aliphatic rings. The smallest absolute Gasteiger partial charge is 0.113 e. The average molecular weight is 492 g/mol. The molecule has 1 nitrogen and oxygen atoms in total. The second-order valence-electron chi connectivity index (χ2n) is 11.8. The highest BCUT2D eigenvalue weighted by Crippen LogP contribution is 2.51. The fourth-order valence-electron chi connectivity index (χ4n) is 7.27. The maximum absolute atomic E-state index is 2.51. The van der Waals surface area contributed by atoms with Crippen molar-refractivity contribution in [3.63, 3.8) is 0 Å². The van der Waals surface area contributed by atoms with E-state index >= 15 is 0 Å². The van der Waals surface area contributed by atoms with Gasteiger partial charge < -0.3 is 4.57 Å². The second-order valence-corrected chi connectivity index (χ2v) is 16.2. The lowest BCUT2D eigenvalue weighted by molar-refractivity contribution is 0.661. The first-order chi connectivity index (χ1) is 17.9. The molecule has 0 saturated carbocycles. The number of para-hydroxylation sites is 1. The van der Waals surface area contributed by atoms with Crippen LogP contribution in [0.5, 0.6) is 0 Å². The standard InChI is InChI=1S/C35H29NSi/c1-35(2)29-14-8-5-11-23(29)27-20-28-24-12-6-9-15-31(24)36(32(28)21-30(27)35)22-17-18-26-25-13-7-10-16-33(25)37(3,4)34(26)19-22/h5-21H,1-4H3. The van der Waals surface area contributed by atoms with Crippen molar-refractivity contribution in [3.8, 4) is 27.9 Å². The zero-order valence-electron chi connectivity index (χ0n) is 21.8. The molecule has 0 spiro atoms. The van der Waals surface area contributed by atoms with E-state index in [1.807, 2.05) is 0 Å². The number of rotatable bonds is 1. The number of hydrogen-bond acceptors (Lipinski definition) is 0. The monoisotopic (exact) mass is 491 g/mol. The molecule has 1 aliphatic carbocycles. The molecule has 0 N–H and O–H groups in total. The van der Waals surface area contributed by atoms with Crippen molar-refractivity contribution in [1.82, 2.24) is 4.57 Å². The second kappa shape index (κ2) is 6.90. The molecule has 5 aromatic carbocycles. The summed E-state index contributed by atoms with van der Waals surface area (Å²) < 4.78 is 2.51. The SMILES string of the molecule is CC1(C)c2ccccc2-c2cc3c4ccccc4n(-c4ccc5c(c4)[Si](C)(C)c4ccccc4-5)c3cc21. The van der Waals surface area contributed by atoms with Crippen molar-refractivity contribution in [3.05, 3.63) is 114 Å². The van der Waals surface area contributed by atoms with E-state index in [4.69, 9.17) is 0 Å². The van der Waals surface area contributed by atoms with Crippen LogP contribution in [0.2, 0.25) is 13.1 Å². The van der Waals surface area contributed by atoms with Crippen molar-refractivity contribution in [2.45, 2.75) is 32.4 Å². The molecule has 0 fully saturated rings. The van der Waals surface area contributed by atoms with Crippen molar-refractivity contribution in [2.24, 2.45) is 0 Å². The van der Waals surface area contributed by atoms with Gasteiger partial charge in [0.15, 0.2) is 0 Å². The molecule has 178 valence electrons. The highest BCUT2D eigenvalue weighted by atomic mass is 28.3. The number of benzene rings is 5. The number of aromatic nitrogens is 1. The average Bonchev–Trinajstić information content (AvgIpc) is 3.45. The first-order valence-corrected chi connectivity index (χ1v) is 16.3. The van der Waals surface area contributed by atoms with E-state index in [1.54, 1.807) is 10.4 Å². The van der Waals surface area contributed by atoms with Crippen LogP contribution in [0.1, 0.15) is 25.0 Å². The third kappa shape index (κ3) is 2.59. The van der Waals surface area contributed by atoms with Gasteiger partial charge in [0.05, 0.1) is 11.0 Å². The Morgan fingerprint density at radius 1 is 0.541 bits per heavy atom. The van der Waals surface area contributed by atoms with Gasteiger partial charge in [0, 0.05) is 21.9 Å². The number of fused-ring (bicyclic) bond motifs is 9. The lowest BCUT2D eigenvalue weighted by Gasteiger charge is -2.22. The van der Waals surface area contributed by atoms with Gasteiger partial charge in [-0.05, 0) is 74.1 Å². The topological polar surface area (TPSA) is 4.93 Å². The number of nitrogens with zero attached hydrogens (tertiary/aromatic N) is 1. The third-order valence-corrected chi connectivity index (χ3v) is 12.7. The molecule has 1 aliphatic heterocycles. The lowest BCUT2D eigenvalue weighted by atomic mass is 9.82. The predicted octanol–water partition coefficient (Wildman–Crippen LogP) is 7.89. The molecule has 8 rings (SSSR count). The summed E-state index contributed by atoms with van der Waals surface area (Å²) in [7, 11) is -1.76. The zero-order valence-corrected chi connectivity index (χ0v) is 22.8. The van der Waals surface area contributed by atoms with Crippen molar-refractivity contribution in [1.29, 1.82) is 0 Å². The zero-order chi connectivity index (χ0) is 25.1. The van der Waals surface area contributed by atoms with Gasteiger partial charge >= 0.3 is 0 Å². The summed E-state index contributed by atoms with van der Waals surface area (Å²) in [5.41, 5.74) is 12.3. The van der Waals surface area contributed by atoms with Crippen LogP contribution in [-0.4, -0.2) is 12.6 Å². The number of hydrogen-bond donors (Lipinski definition) is 0. The van der Waals surface area contributed by atoms with E-state index < -0.39 is 8.07 Å². The summed E-state index contributed by atoms with van der Waals surface area (Å²) >= 11 is 0. The van der Waals surface area contributed by atoms with E-state index in [-0.39, 0.29) is 5.41 Å². The van der Waals surface area contributed by atoms with Gasteiger partial charge in [-0.25, -0.2) is 0 Å². The van der Waals surface area contributed by atoms with Crippen LogP contribution in [0.3, 0.4) is 0 Å². The first kappa shape index (κ1) is 21.2. The molecule has 6 aromatic rings. The quantitative estimate of drug-likeness (QED) is 0.206. The van der Waals surface area contributed by atoms with Crippen LogP contribution in [0, 0.1) is 0 Å². The van der Waals surface area contributed by atoms with Crippen molar-refractivity contribution >= 4 is 40.3 Å². The minimum Gasteiger partial charge on any atom is -0.309 e. The van der Waals surface area contributed by atoms with E-state index in [0.29, 0.717) is 0 Å². The molecule has 0 amide bonds. The molecule has 0 radical (unpaired) electrons. The normalized spacial score (nSPS) is 16.0. The molecular weight excluding hydrogens is 462 g/mol. The van der Waals surface area contributed by atoms with Crippen LogP contribution in [0.15, 0.2) is 103 Å². The molecule has 2 heteroatoms. The molecule has 37 heavy (non-hydrogen) atoms. The minimum atomic E-state index is -1.76. The highest BCUT2D eigenvalue weighted by molar-refractivity contribution is 7.03. The highest BCUT2D eigenvalue weighted by Gasteiger charge is 2.38. The van der Waals surface area contributed by atoms with Gasteiger partial charge in [-0.2, -0.15) is 0 Å². The van der Waals surface area contributed by atoms with E-state index in [2.05, 4.69) is 135 Å². The molecule has 1 aromatic heterocycles. The van der Waals surface area contributed by atoms with Gasteiger partial charge in [0.25, 0.3) is 0 Å². The first-order valence-electron chi connectivity index (χ1n) is 13.3. The van der Waals surface area contributed by atoms with Gasteiger partial charge in [-0.3, -0.25) is 0 Å². The lowest BCUT2D eigenvalue weighted by Crippen LogP contribution is -2.49. The minimum absolute atomic E-state index is 0.0180. The Hall–Kier alpha value is -3.88. The van der Waals surface area contributed by atoms with Crippen molar-refractivity contribution in [2.75, 3.05) is 0 Å². The predicted molar refractivity (Wildman–Crippen MR) is 161 cm³/mol. The fourth-order valence-corrected chi connectivity index (χ4v) is 10.4. The van der Waals surface area contributed by atoms with E-state index in [0.717, 1.165) is 0 Å². The van der Waals surface area contributed by atoms with E-state index in [9.17, 15) is 0 Å². The Labute approximate surface area is 219 Å². The Bertz CT molecular complexity index is 1940. The van der Waals surface area contributed by atoms with Gasteiger partial charge in [0.2, 0.25) is 0 Å². The van der Waals surface area contributed by atoms with Crippen LogP contribution in [0.4, 0.5) is 0 Å². The van der Waals surface area contributed by atoms with E-state index in [1.165, 1.54) is 60.9 Å². The summed E-state index contributed by atoms with van der Waals surface area (Å²) in [6.07, 6.45) is 0.